The van der Waals surface area contributed by atoms with Crippen molar-refractivity contribution in [2.24, 2.45) is 7.05 Å². The van der Waals surface area contributed by atoms with E-state index in [9.17, 15) is 14.7 Å². The van der Waals surface area contributed by atoms with Crippen molar-refractivity contribution in [3.8, 4) is 11.4 Å². The number of aromatic nitrogens is 3. The molecule has 0 amide bonds. The molecule has 1 aromatic carbocycles. The molecule has 2 unspecified atom stereocenters. The normalized spacial score (nSPS) is 21.2. The Hall–Kier alpha value is -3.05. The van der Waals surface area contributed by atoms with Gasteiger partial charge in [-0.15, -0.1) is 0 Å². The van der Waals surface area contributed by atoms with Gasteiger partial charge in [-0.25, -0.2) is 4.98 Å². The highest BCUT2D eigenvalue weighted by Crippen LogP contribution is 2.28. The lowest BCUT2D eigenvalue weighted by atomic mass is 10.1. The Balaban J connectivity index is 1.43. The summed E-state index contributed by atoms with van der Waals surface area (Å²) in [5, 5.41) is 13.5. The number of hydrogen-bond acceptors (Lipinski definition) is 8. The molecule has 5 rings (SSSR count). The van der Waals surface area contributed by atoms with Crippen molar-refractivity contribution in [3.05, 3.63) is 51.9 Å². The predicted molar refractivity (Wildman–Crippen MR) is 146 cm³/mol. The molecule has 2 N–H and O–H groups in total. The number of rotatable bonds is 9. The Labute approximate surface area is 227 Å². The van der Waals surface area contributed by atoms with Crippen molar-refractivity contribution in [1.29, 1.82) is 0 Å². The average molecular weight is 539 g/mol. The van der Waals surface area contributed by atoms with Crippen LogP contribution < -0.4 is 10.9 Å². The van der Waals surface area contributed by atoms with Gasteiger partial charge in [-0.2, -0.15) is 0 Å². The Kier molecular flexibility index (Phi) is 8.46. The number of aryl methyl sites for hydroxylation is 2. The molecule has 10 heteroatoms. The maximum atomic E-state index is 12.7. The smallest absolute Gasteiger partial charge is 0.326 e. The van der Waals surface area contributed by atoms with Gasteiger partial charge >= 0.3 is 5.97 Å². The molecule has 210 valence electrons. The fourth-order valence-corrected chi connectivity index (χ4v) is 5.36. The van der Waals surface area contributed by atoms with Gasteiger partial charge in [-0.3, -0.25) is 14.9 Å². The van der Waals surface area contributed by atoms with Crippen molar-refractivity contribution in [3.63, 3.8) is 0 Å². The molecule has 2 saturated heterocycles. The Morgan fingerprint density at radius 2 is 2.10 bits per heavy atom. The highest BCUT2D eigenvalue weighted by Gasteiger charge is 2.29. The minimum absolute atomic E-state index is 0.0305. The molecule has 2 aliphatic heterocycles. The summed E-state index contributed by atoms with van der Waals surface area (Å²) in [6.07, 6.45) is 4.57. The first-order valence-electron chi connectivity index (χ1n) is 13.8. The van der Waals surface area contributed by atoms with Crippen molar-refractivity contribution in [1.82, 2.24) is 19.4 Å². The third-order valence-corrected chi connectivity index (χ3v) is 7.53. The third kappa shape index (κ3) is 6.24. The second kappa shape index (κ2) is 12.0. The van der Waals surface area contributed by atoms with Crippen LogP contribution in [-0.2, 0) is 39.1 Å². The minimum Gasteiger partial charge on any atom is -0.459 e. The SMILES string of the molecule is Cc1cc(-c2nc3ccc(CN[C@H](C(=O)OC4CCOC4)[C@H](C)O)cc3n2CC2CCCCO2)cn(C)c1=O. The number of nitrogens with zero attached hydrogens (tertiary/aromatic N) is 3. The summed E-state index contributed by atoms with van der Waals surface area (Å²) in [4.78, 5) is 30.0. The molecule has 39 heavy (non-hydrogen) atoms. The molecule has 4 heterocycles. The minimum atomic E-state index is -0.919. The van der Waals surface area contributed by atoms with Gasteiger partial charge < -0.3 is 28.5 Å². The standard InChI is InChI=1S/C29H38N4O6/c1-18-12-21(15-32(3)28(18)35)27-31-24-8-7-20(13-25(24)33(27)16-22-6-4-5-10-38-22)14-30-26(19(2)34)29(36)39-23-9-11-37-17-23/h7-8,12-13,15,19,22-23,26,30,34H,4-6,9-11,14,16-17H2,1-3H3/t19-,22?,23?,26-/m0/s1. The first-order chi connectivity index (χ1) is 18.8. The number of hydrogen-bond donors (Lipinski definition) is 2. The van der Waals surface area contributed by atoms with Crippen molar-refractivity contribution < 1.29 is 24.1 Å². The average Bonchev–Trinajstić information content (AvgIpc) is 3.55. The second-order valence-corrected chi connectivity index (χ2v) is 10.7. The fourth-order valence-electron chi connectivity index (χ4n) is 5.36. The van der Waals surface area contributed by atoms with Gasteiger partial charge in [0.05, 0.1) is 43.0 Å². The van der Waals surface area contributed by atoms with E-state index < -0.39 is 18.1 Å². The maximum absolute atomic E-state index is 12.7. The lowest BCUT2D eigenvalue weighted by Crippen LogP contribution is -2.46. The number of pyridine rings is 1. The topological polar surface area (TPSA) is 117 Å². The van der Waals surface area contributed by atoms with Crippen LogP contribution in [0.5, 0.6) is 0 Å². The summed E-state index contributed by atoms with van der Waals surface area (Å²) >= 11 is 0. The van der Waals surface area contributed by atoms with E-state index in [0.717, 1.165) is 53.9 Å². The third-order valence-electron chi connectivity index (χ3n) is 7.53. The molecule has 2 aliphatic rings. The lowest BCUT2D eigenvalue weighted by Gasteiger charge is -2.24. The molecule has 4 atom stereocenters. The first kappa shape index (κ1) is 27.5. The summed E-state index contributed by atoms with van der Waals surface area (Å²) in [6, 6.07) is 7.03. The van der Waals surface area contributed by atoms with Crippen LogP contribution in [0.2, 0.25) is 0 Å². The number of carbonyl (C=O) groups excluding carboxylic acids is 1. The number of esters is 1. The van der Waals surface area contributed by atoms with Gasteiger partial charge in [-0.05, 0) is 56.9 Å². The molecule has 0 saturated carbocycles. The number of nitrogens with one attached hydrogen (secondary N) is 1. The van der Waals surface area contributed by atoms with Crippen LogP contribution >= 0.6 is 0 Å². The molecule has 0 radical (unpaired) electrons. The monoisotopic (exact) mass is 538 g/mol. The van der Waals surface area contributed by atoms with E-state index in [0.29, 0.717) is 38.3 Å². The van der Waals surface area contributed by atoms with E-state index in [2.05, 4.69) is 16.0 Å². The first-order valence-corrected chi connectivity index (χ1v) is 13.8. The molecule has 2 aromatic heterocycles. The summed E-state index contributed by atoms with van der Waals surface area (Å²) in [6.45, 7) is 6.12. The van der Waals surface area contributed by atoms with E-state index in [1.54, 1.807) is 18.5 Å². The molecular formula is C29H38N4O6. The Morgan fingerprint density at radius 1 is 1.26 bits per heavy atom. The van der Waals surface area contributed by atoms with E-state index in [4.69, 9.17) is 19.2 Å². The zero-order valence-electron chi connectivity index (χ0n) is 22.9. The largest absolute Gasteiger partial charge is 0.459 e. The van der Waals surface area contributed by atoms with Gasteiger partial charge in [-0.1, -0.05) is 6.07 Å². The van der Waals surface area contributed by atoms with Crippen molar-refractivity contribution in [2.75, 3.05) is 19.8 Å². The molecule has 0 aliphatic carbocycles. The molecule has 2 fully saturated rings. The zero-order valence-corrected chi connectivity index (χ0v) is 22.9. The summed E-state index contributed by atoms with van der Waals surface area (Å²) in [5.74, 6) is 0.306. The second-order valence-electron chi connectivity index (χ2n) is 10.7. The van der Waals surface area contributed by atoms with Crippen LogP contribution in [0.4, 0.5) is 0 Å². The molecule has 3 aromatic rings. The van der Waals surface area contributed by atoms with Crippen LogP contribution in [0.15, 0.2) is 35.3 Å². The summed E-state index contributed by atoms with van der Waals surface area (Å²) < 4.78 is 20.7. The van der Waals surface area contributed by atoms with Crippen molar-refractivity contribution in [2.45, 2.75) is 77.0 Å². The Morgan fingerprint density at radius 3 is 2.79 bits per heavy atom. The van der Waals surface area contributed by atoms with Crippen LogP contribution in [0.1, 0.15) is 43.7 Å². The summed E-state index contributed by atoms with van der Waals surface area (Å²) in [7, 11) is 1.75. The quantitative estimate of drug-likeness (QED) is 0.399. The Bertz CT molecular complexity index is 1340. The van der Waals surface area contributed by atoms with E-state index in [1.165, 1.54) is 0 Å². The number of aliphatic hydroxyl groups excluding tert-OH is 1. The van der Waals surface area contributed by atoms with Crippen LogP contribution in [0, 0.1) is 6.92 Å². The molecule has 0 bridgehead atoms. The van der Waals surface area contributed by atoms with Crippen molar-refractivity contribution >= 4 is 17.0 Å². The number of fused-ring (bicyclic) bond motifs is 1. The zero-order chi connectivity index (χ0) is 27.5. The predicted octanol–water partition coefficient (Wildman–Crippen LogP) is 2.45. The summed E-state index contributed by atoms with van der Waals surface area (Å²) in [5.41, 5.74) is 4.23. The highest BCUT2D eigenvalue weighted by molar-refractivity contribution is 5.81. The number of carbonyl (C=O) groups is 1. The van der Waals surface area contributed by atoms with Crippen LogP contribution in [0.3, 0.4) is 0 Å². The maximum Gasteiger partial charge on any atom is 0.326 e. The van der Waals surface area contributed by atoms with E-state index >= 15 is 0 Å². The van der Waals surface area contributed by atoms with Crippen LogP contribution in [0.25, 0.3) is 22.4 Å². The number of ether oxygens (including phenoxy) is 3. The van der Waals surface area contributed by atoms with Gasteiger partial charge in [0.1, 0.15) is 18.0 Å². The molecular weight excluding hydrogens is 500 g/mol. The number of aliphatic hydroxyl groups is 1. The van der Waals surface area contributed by atoms with Gasteiger partial charge in [0.15, 0.2) is 0 Å². The van der Waals surface area contributed by atoms with Gasteiger partial charge in [0, 0.05) is 43.9 Å². The molecule has 0 spiro atoms. The van der Waals surface area contributed by atoms with E-state index in [-0.39, 0.29) is 17.8 Å². The fraction of sp³-hybridized carbons (Fsp3) is 0.552. The highest BCUT2D eigenvalue weighted by atomic mass is 16.6. The van der Waals surface area contributed by atoms with E-state index in [1.807, 2.05) is 31.3 Å². The molecule has 10 nitrogen and oxygen atoms in total. The van der Waals surface area contributed by atoms with Gasteiger partial charge in [0.25, 0.3) is 5.56 Å². The van der Waals surface area contributed by atoms with Gasteiger partial charge in [0.2, 0.25) is 0 Å². The number of benzene rings is 1. The lowest BCUT2D eigenvalue weighted by molar-refractivity contribution is -0.154. The number of imidazole rings is 1. The van der Waals surface area contributed by atoms with Crippen LogP contribution in [-0.4, -0.2) is 69.4 Å².